The Bertz CT molecular complexity index is 460. The molecular formula is C14H20ClN3O. The molecule has 0 heterocycles. The first-order chi connectivity index (χ1) is 9.11. The van der Waals surface area contributed by atoms with Gasteiger partial charge in [0.05, 0.1) is 10.6 Å². The van der Waals surface area contributed by atoms with Crippen LogP contribution in [0, 0.1) is 0 Å². The summed E-state index contributed by atoms with van der Waals surface area (Å²) in [5, 5.41) is 3.33. The van der Waals surface area contributed by atoms with E-state index in [9.17, 15) is 4.79 Å². The summed E-state index contributed by atoms with van der Waals surface area (Å²) in [7, 11) is 0. The lowest BCUT2D eigenvalue weighted by molar-refractivity contribution is 0.0948. The summed E-state index contributed by atoms with van der Waals surface area (Å²) in [6.07, 6.45) is 2.56. The third kappa shape index (κ3) is 3.85. The van der Waals surface area contributed by atoms with Crippen LogP contribution in [0.15, 0.2) is 18.2 Å². The van der Waals surface area contributed by atoms with Crippen molar-refractivity contribution in [3.8, 4) is 0 Å². The molecule has 104 valence electrons. The van der Waals surface area contributed by atoms with Crippen molar-refractivity contribution < 1.29 is 4.79 Å². The van der Waals surface area contributed by atoms with Crippen LogP contribution in [0.3, 0.4) is 0 Å². The number of nitrogens with two attached hydrogens (primary N) is 1. The predicted molar refractivity (Wildman–Crippen MR) is 78.5 cm³/mol. The number of benzene rings is 1. The van der Waals surface area contributed by atoms with E-state index in [0.29, 0.717) is 22.8 Å². The molecular weight excluding hydrogens is 262 g/mol. The van der Waals surface area contributed by atoms with Gasteiger partial charge in [0, 0.05) is 24.8 Å². The molecule has 1 aromatic rings. The number of amides is 1. The van der Waals surface area contributed by atoms with Gasteiger partial charge in [-0.3, -0.25) is 9.69 Å². The Balaban J connectivity index is 1.85. The summed E-state index contributed by atoms with van der Waals surface area (Å²) in [5.41, 5.74) is 6.65. The molecule has 19 heavy (non-hydrogen) atoms. The van der Waals surface area contributed by atoms with E-state index in [1.807, 2.05) is 0 Å². The highest BCUT2D eigenvalue weighted by Gasteiger charge is 2.27. The fraction of sp³-hybridized carbons (Fsp3) is 0.500. The highest BCUT2D eigenvalue weighted by molar-refractivity contribution is 6.34. The summed E-state index contributed by atoms with van der Waals surface area (Å²) < 4.78 is 0. The first-order valence-electron chi connectivity index (χ1n) is 6.69. The number of likely N-dealkylation sites (N-methyl/N-ethyl adjacent to an activating group) is 1. The third-order valence-corrected chi connectivity index (χ3v) is 3.72. The van der Waals surface area contributed by atoms with Gasteiger partial charge in [-0.15, -0.1) is 0 Å². The minimum absolute atomic E-state index is 0.163. The standard InChI is InChI=1S/C14H20ClN3O/c1-2-18(11-4-5-11)8-7-17-14(19)12-9-10(16)3-6-13(12)15/h3,6,9,11H,2,4-5,7-8,16H2,1H3,(H,17,19). The molecule has 0 bridgehead atoms. The van der Waals surface area contributed by atoms with Crippen LogP contribution in [0.25, 0.3) is 0 Å². The first kappa shape index (κ1) is 14.2. The van der Waals surface area contributed by atoms with E-state index in [1.54, 1.807) is 18.2 Å². The quantitative estimate of drug-likeness (QED) is 0.786. The van der Waals surface area contributed by atoms with Crippen LogP contribution < -0.4 is 11.1 Å². The molecule has 1 amide bonds. The second-order valence-corrected chi connectivity index (χ2v) is 5.26. The zero-order chi connectivity index (χ0) is 13.8. The number of hydrogen-bond donors (Lipinski definition) is 2. The summed E-state index contributed by atoms with van der Waals surface area (Å²) >= 11 is 5.99. The molecule has 0 unspecified atom stereocenters. The number of nitrogens with zero attached hydrogens (tertiary/aromatic N) is 1. The summed E-state index contributed by atoms with van der Waals surface area (Å²) in [6.45, 7) is 4.69. The number of hydrogen-bond acceptors (Lipinski definition) is 3. The van der Waals surface area contributed by atoms with Crippen LogP contribution in [0.5, 0.6) is 0 Å². The smallest absolute Gasteiger partial charge is 0.252 e. The molecule has 0 aromatic heterocycles. The van der Waals surface area contributed by atoms with Gasteiger partial charge in [0.2, 0.25) is 0 Å². The zero-order valence-electron chi connectivity index (χ0n) is 11.2. The van der Waals surface area contributed by atoms with Gasteiger partial charge < -0.3 is 11.1 Å². The fourth-order valence-electron chi connectivity index (χ4n) is 2.16. The van der Waals surface area contributed by atoms with Crippen LogP contribution in [0.2, 0.25) is 5.02 Å². The van der Waals surface area contributed by atoms with Crippen molar-refractivity contribution in [3.63, 3.8) is 0 Å². The molecule has 0 atom stereocenters. The van der Waals surface area contributed by atoms with E-state index < -0.39 is 0 Å². The summed E-state index contributed by atoms with van der Waals surface area (Å²) in [5.74, 6) is -0.163. The highest BCUT2D eigenvalue weighted by Crippen LogP contribution is 2.25. The molecule has 1 saturated carbocycles. The second-order valence-electron chi connectivity index (χ2n) is 4.85. The zero-order valence-corrected chi connectivity index (χ0v) is 11.9. The molecule has 0 saturated heterocycles. The summed E-state index contributed by atoms with van der Waals surface area (Å²) in [4.78, 5) is 14.4. The molecule has 0 radical (unpaired) electrons. The molecule has 1 aliphatic rings. The maximum atomic E-state index is 12.0. The van der Waals surface area contributed by atoms with E-state index in [0.717, 1.165) is 19.1 Å². The van der Waals surface area contributed by atoms with Gasteiger partial charge in [-0.1, -0.05) is 18.5 Å². The van der Waals surface area contributed by atoms with Gasteiger partial charge in [0.1, 0.15) is 0 Å². The first-order valence-corrected chi connectivity index (χ1v) is 7.07. The van der Waals surface area contributed by atoms with Crippen LogP contribution in [-0.2, 0) is 0 Å². The van der Waals surface area contributed by atoms with Crippen molar-refractivity contribution in [2.45, 2.75) is 25.8 Å². The van der Waals surface area contributed by atoms with E-state index >= 15 is 0 Å². The second kappa shape index (κ2) is 6.26. The van der Waals surface area contributed by atoms with E-state index in [-0.39, 0.29) is 5.91 Å². The number of anilines is 1. The number of rotatable bonds is 6. The number of carbonyl (C=O) groups is 1. The number of nitrogens with one attached hydrogen (secondary N) is 1. The van der Waals surface area contributed by atoms with Crippen LogP contribution in [-0.4, -0.2) is 36.5 Å². The number of carbonyl (C=O) groups excluding carboxylic acids is 1. The minimum Gasteiger partial charge on any atom is -0.399 e. The van der Waals surface area contributed by atoms with Gasteiger partial charge >= 0.3 is 0 Å². The monoisotopic (exact) mass is 281 g/mol. The molecule has 2 rings (SSSR count). The Morgan fingerprint density at radius 3 is 2.89 bits per heavy atom. The van der Waals surface area contributed by atoms with Crippen LogP contribution >= 0.6 is 11.6 Å². The van der Waals surface area contributed by atoms with Crippen LogP contribution in [0.1, 0.15) is 30.1 Å². The van der Waals surface area contributed by atoms with Crippen LogP contribution in [0.4, 0.5) is 5.69 Å². The van der Waals surface area contributed by atoms with Gasteiger partial charge in [-0.2, -0.15) is 0 Å². The lowest BCUT2D eigenvalue weighted by Gasteiger charge is -2.19. The molecule has 0 spiro atoms. The van der Waals surface area contributed by atoms with Gasteiger partial charge in [0.15, 0.2) is 0 Å². The van der Waals surface area contributed by atoms with E-state index in [1.165, 1.54) is 12.8 Å². The average Bonchev–Trinajstić information content (AvgIpc) is 3.21. The molecule has 3 N–H and O–H groups in total. The summed E-state index contributed by atoms with van der Waals surface area (Å²) in [6, 6.07) is 5.66. The molecule has 4 nitrogen and oxygen atoms in total. The fourth-order valence-corrected chi connectivity index (χ4v) is 2.37. The van der Waals surface area contributed by atoms with Crippen molar-refractivity contribution in [3.05, 3.63) is 28.8 Å². The molecule has 1 aromatic carbocycles. The Kier molecular flexibility index (Phi) is 4.66. The highest BCUT2D eigenvalue weighted by atomic mass is 35.5. The Hall–Kier alpha value is -1.26. The SMILES string of the molecule is CCN(CCNC(=O)c1cc(N)ccc1Cl)C1CC1. The Morgan fingerprint density at radius 2 is 2.26 bits per heavy atom. The maximum absolute atomic E-state index is 12.0. The lowest BCUT2D eigenvalue weighted by Crippen LogP contribution is -2.36. The maximum Gasteiger partial charge on any atom is 0.252 e. The Morgan fingerprint density at radius 1 is 1.53 bits per heavy atom. The predicted octanol–water partition coefficient (Wildman–Crippen LogP) is 2.14. The number of halogens is 1. The molecule has 0 aliphatic heterocycles. The van der Waals surface area contributed by atoms with Gasteiger partial charge in [-0.05, 0) is 37.6 Å². The topological polar surface area (TPSA) is 58.4 Å². The molecule has 5 heteroatoms. The van der Waals surface area contributed by atoms with Crippen molar-refractivity contribution in [1.82, 2.24) is 10.2 Å². The van der Waals surface area contributed by atoms with Gasteiger partial charge in [-0.25, -0.2) is 0 Å². The van der Waals surface area contributed by atoms with Gasteiger partial charge in [0.25, 0.3) is 5.91 Å². The normalized spacial score (nSPS) is 14.7. The van der Waals surface area contributed by atoms with Crippen molar-refractivity contribution in [2.75, 3.05) is 25.4 Å². The largest absolute Gasteiger partial charge is 0.399 e. The average molecular weight is 282 g/mol. The Labute approximate surface area is 118 Å². The number of nitrogen functional groups attached to an aromatic ring is 1. The van der Waals surface area contributed by atoms with Crippen molar-refractivity contribution in [1.29, 1.82) is 0 Å². The minimum atomic E-state index is -0.163. The van der Waals surface area contributed by atoms with E-state index in [2.05, 4.69) is 17.1 Å². The van der Waals surface area contributed by atoms with Crippen molar-refractivity contribution in [2.24, 2.45) is 0 Å². The van der Waals surface area contributed by atoms with Crippen molar-refractivity contribution >= 4 is 23.2 Å². The third-order valence-electron chi connectivity index (χ3n) is 3.39. The molecule has 1 aliphatic carbocycles. The lowest BCUT2D eigenvalue weighted by atomic mass is 10.2. The van der Waals surface area contributed by atoms with E-state index in [4.69, 9.17) is 17.3 Å². The molecule has 1 fully saturated rings.